The molecule has 0 N–H and O–H groups in total. The lowest BCUT2D eigenvalue weighted by atomic mass is 9.76. The predicted octanol–water partition coefficient (Wildman–Crippen LogP) is 3.71. The van der Waals surface area contributed by atoms with Crippen LogP contribution in [0.4, 0.5) is 5.69 Å². The van der Waals surface area contributed by atoms with Crippen molar-refractivity contribution >= 4 is 5.69 Å². The van der Waals surface area contributed by atoms with Crippen LogP contribution >= 0.6 is 0 Å². The molecule has 1 nitrogen and oxygen atoms in total. The van der Waals surface area contributed by atoms with Gasteiger partial charge in [-0.3, -0.25) is 0 Å². The second-order valence-corrected chi connectivity index (χ2v) is 5.25. The van der Waals surface area contributed by atoms with Crippen LogP contribution in [0, 0.1) is 5.92 Å². The Morgan fingerprint density at radius 2 is 2.12 bits per heavy atom. The molecule has 3 rings (SSSR count). The van der Waals surface area contributed by atoms with Gasteiger partial charge < -0.3 is 4.90 Å². The maximum Gasteiger partial charge on any atom is 0.0448 e. The molecule has 0 saturated heterocycles. The molecule has 0 bridgehead atoms. The van der Waals surface area contributed by atoms with Gasteiger partial charge in [0.1, 0.15) is 0 Å². The van der Waals surface area contributed by atoms with Crippen LogP contribution in [-0.2, 0) is 5.41 Å². The summed E-state index contributed by atoms with van der Waals surface area (Å²) in [4.78, 5) is 2.39. The summed E-state index contributed by atoms with van der Waals surface area (Å²) >= 11 is 0. The van der Waals surface area contributed by atoms with E-state index < -0.39 is 0 Å². The van der Waals surface area contributed by atoms with E-state index in [4.69, 9.17) is 0 Å². The Labute approximate surface area is 97.8 Å². The molecule has 1 heteroatoms. The number of rotatable bonds is 1. The first-order chi connectivity index (χ1) is 7.69. The van der Waals surface area contributed by atoms with Gasteiger partial charge in [-0.15, -0.1) is 0 Å². The second kappa shape index (κ2) is 3.13. The number of benzene rings is 1. The molecule has 0 saturated carbocycles. The molecule has 2 unspecified atom stereocenters. The third kappa shape index (κ3) is 1.01. The largest absolute Gasteiger partial charge is 0.347 e. The SMILES string of the molecule is CCC12CC(C)C=C1N(C)c1ccccc12. The highest BCUT2D eigenvalue weighted by Gasteiger charge is 2.48. The van der Waals surface area contributed by atoms with E-state index >= 15 is 0 Å². The number of likely N-dealkylation sites (N-methyl/N-ethyl adjacent to an activating group) is 1. The summed E-state index contributed by atoms with van der Waals surface area (Å²) in [6.07, 6.45) is 4.95. The zero-order chi connectivity index (χ0) is 11.3. The zero-order valence-corrected chi connectivity index (χ0v) is 10.3. The van der Waals surface area contributed by atoms with Crippen molar-refractivity contribution in [3.05, 3.63) is 41.6 Å². The first kappa shape index (κ1) is 9.95. The predicted molar refractivity (Wildman–Crippen MR) is 68.7 cm³/mol. The van der Waals surface area contributed by atoms with Crippen LogP contribution in [0.3, 0.4) is 0 Å². The van der Waals surface area contributed by atoms with E-state index in [0.717, 1.165) is 0 Å². The van der Waals surface area contributed by atoms with Gasteiger partial charge in [0.15, 0.2) is 0 Å². The first-order valence-corrected chi connectivity index (χ1v) is 6.24. The van der Waals surface area contributed by atoms with Gasteiger partial charge in [0.25, 0.3) is 0 Å². The number of hydrogen-bond acceptors (Lipinski definition) is 1. The van der Waals surface area contributed by atoms with E-state index in [1.807, 2.05) is 0 Å². The van der Waals surface area contributed by atoms with Crippen molar-refractivity contribution in [3.63, 3.8) is 0 Å². The average molecular weight is 213 g/mol. The van der Waals surface area contributed by atoms with Crippen molar-refractivity contribution in [1.29, 1.82) is 0 Å². The quantitative estimate of drug-likeness (QED) is 0.687. The zero-order valence-electron chi connectivity index (χ0n) is 10.3. The Balaban J connectivity index is 2.24. The third-order valence-corrected chi connectivity index (χ3v) is 4.35. The highest BCUT2D eigenvalue weighted by Crippen LogP contribution is 2.56. The molecular weight excluding hydrogens is 194 g/mol. The molecule has 1 aromatic carbocycles. The van der Waals surface area contributed by atoms with E-state index in [0.29, 0.717) is 11.3 Å². The molecule has 16 heavy (non-hydrogen) atoms. The van der Waals surface area contributed by atoms with Crippen molar-refractivity contribution in [2.24, 2.45) is 5.92 Å². The second-order valence-electron chi connectivity index (χ2n) is 5.25. The van der Waals surface area contributed by atoms with Crippen LogP contribution in [0.25, 0.3) is 0 Å². The number of para-hydroxylation sites is 1. The fourth-order valence-electron chi connectivity index (χ4n) is 3.64. The van der Waals surface area contributed by atoms with Crippen LogP contribution < -0.4 is 4.90 Å². The van der Waals surface area contributed by atoms with Crippen molar-refractivity contribution in [1.82, 2.24) is 0 Å². The van der Waals surface area contributed by atoms with Crippen molar-refractivity contribution in [2.45, 2.75) is 32.1 Å². The molecule has 84 valence electrons. The molecule has 1 aliphatic heterocycles. The minimum Gasteiger partial charge on any atom is -0.347 e. The Bertz CT molecular complexity index is 460. The monoisotopic (exact) mass is 213 g/mol. The number of hydrogen-bond donors (Lipinski definition) is 0. The van der Waals surface area contributed by atoms with Crippen LogP contribution in [0.1, 0.15) is 32.3 Å². The fourth-order valence-corrected chi connectivity index (χ4v) is 3.64. The maximum absolute atomic E-state index is 2.46. The standard InChI is InChI=1S/C15H19N/c1-4-15-10-11(2)9-14(15)16(3)13-8-6-5-7-12(13)15/h5-9,11H,4,10H2,1-3H3. The number of allylic oxidation sites excluding steroid dienone is 2. The van der Waals surface area contributed by atoms with Gasteiger partial charge in [-0.25, -0.2) is 0 Å². The van der Waals surface area contributed by atoms with Gasteiger partial charge in [-0.05, 0) is 30.4 Å². The van der Waals surface area contributed by atoms with E-state index in [1.165, 1.54) is 29.8 Å². The Hall–Kier alpha value is -1.24. The molecule has 1 aliphatic carbocycles. The van der Waals surface area contributed by atoms with E-state index in [9.17, 15) is 0 Å². The number of anilines is 1. The number of nitrogens with zero attached hydrogens (tertiary/aromatic N) is 1. The molecule has 0 aromatic heterocycles. The van der Waals surface area contributed by atoms with Gasteiger partial charge in [-0.1, -0.05) is 38.1 Å². The summed E-state index contributed by atoms with van der Waals surface area (Å²) in [5, 5.41) is 0. The fraction of sp³-hybridized carbons (Fsp3) is 0.467. The summed E-state index contributed by atoms with van der Waals surface area (Å²) in [6.45, 7) is 4.65. The molecule has 0 fully saturated rings. The Kier molecular flexibility index (Phi) is 1.95. The maximum atomic E-state index is 2.46. The Morgan fingerprint density at radius 3 is 2.88 bits per heavy atom. The first-order valence-electron chi connectivity index (χ1n) is 6.24. The summed E-state index contributed by atoms with van der Waals surface area (Å²) in [6, 6.07) is 8.88. The summed E-state index contributed by atoms with van der Waals surface area (Å²) < 4.78 is 0. The van der Waals surface area contributed by atoms with Gasteiger partial charge in [0.2, 0.25) is 0 Å². The highest BCUT2D eigenvalue weighted by molar-refractivity contribution is 5.71. The summed E-state index contributed by atoms with van der Waals surface area (Å²) in [5.74, 6) is 0.714. The smallest absolute Gasteiger partial charge is 0.0448 e. The Morgan fingerprint density at radius 1 is 1.38 bits per heavy atom. The van der Waals surface area contributed by atoms with Gasteiger partial charge >= 0.3 is 0 Å². The molecule has 0 amide bonds. The summed E-state index contributed by atoms with van der Waals surface area (Å²) in [5.41, 5.74) is 4.78. The normalized spacial score (nSPS) is 31.3. The highest BCUT2D eigenvalue weighted by atomic mass is 15.2. The minimum absolute atomic E-state index is 0.310. The molecule has 2 aliphatic rings. The number of fused-ring (bicyclic) bond motifs is 3. The average Bonchev–Trinajstić information content (AvgIpc) is 2.75. The molecule has 0 spiro atoms. The van der Waals surface area contributed by atoms with Gasteiger partial charge in [0.05, 0.1) is 0 Å². The van der Waals surface area contributed by atoms with Crippen molar-refractivity contribution in [2.75, 3.05) is 11.9 Å². The van der Waals surface area contributed by atoms with E-state index in [2.05, 4.69) is 56.1 Å². The van der Waals surface area contributed by atoms with Crippen molar-refractivity contribution < 1.29 is 0 Å². The van der Waals surface area contributed by atoms with Crippen LogP contribution in [0.5, 0.6) is 0 Å². The summed E-state index contributed by atoms with van der Waals surface area (Å²) in [7, 11) is 2.21. The lowest BCUT2D eigenvalue weighted by Gasteiger charge is -2.27. The van der Waals surface area contributed by atoms with E-state index in [-0.39, 0.29) is 0 Å². The van der Waals surface area contributed by atoms with E-state index in [1.54, 1.807) is 0 Å². The lowest BCUT2D eigenvalue weighted by molar-refractivity contribution is 0.447. The topological polar surface area (TPSA) is 3.24 Å². The van der Waals surface area contributed by atoms with Crippen LogP contribution in [0.2, 0.25) is 0 Å². The third-order valence-electron chi connectivity index (χ3n) is 4.35. The molecular formula is C15H19N. The molecule has 1 heterocycles. The van der Waals surface area contributed by atoms with Gasteiger partial charge in [0, 0.05) is 23.8 Å². The lowest BCUT2D eigenvalue weighted by Crippen LogP contribution is -2.25. The van der Waals surface area contributed by atoms with Crippen LogP contribution in [0.15, 0.2) is 36.0 Å². The molecule has 1 aromatic rings. The van der Waals surface area contributed by atoms with Crippen LogP contribution in [-0.4, -0.2) is 7.05 Å². The molecule has 0 radical (unpaired) electrons. The molecule has 2 atom stereocenters. The minimum atomic E-state index is 0.310. The van der Waals surface area contributed by atoms with Gasteiger partial charge in [-0.2, -0.15) is 0 Å². The van der Waals surface area contributed by atoms with Crippen molar-refractivity contribution in [3.8, 4) is 0 Å².